The van der Waals surface area contributed by atoms with E-state index in [4.69, 9.17) is 21.7 Å². The second-order valence-electron chi connectivity index (χ2n) is 2.36. The van der Waals surface area contributed by atoms with Gasteiger partial charge in [-0.3, -0.25) is 4.90 Å². The Kier molecular flexibility index (Phi) is 6.39. The van der Waals surface area contributed by atoms with Crippen LogP contribution in [-0.4, -0.2) is 54.1 Å². The van der Waals surface area contributed by atoms with Crippen molar-refractivity contribution in [3.8, 4) is 0 Å². The summed E-state index contributed by atoms with van der Waals surface area (Å²) < 4.78 is 0. The van der Waals surface area contributed by atoms with Crippen molar-refractivity contribution in [3.63, 3.8) is 0 Å². The van der Waals surface area contributed by atoms with E-state index in [9.17, 15) is 0 Å². The Morgan fingerprint density at radius 2 is 1.55 bits per heavy atom. The van der Waals surface area contributed by atoms with Gasteiger partial charge < -0.3 is 21.7 Å². The summed E-state index contributed by atoms with van der Waals surface area (Å²) in [5.74, 6) is 0. The van der Waals surface area contributed by atoms with E-state index in [1.807, 2.05) is 4.90 Å². The van der Waals surface area contributed by atoms with Crippen LogP contribution in [0.1, 0.15) is 0 Å². The molecule has 0 aromatic carbocycles. The predicted molar refractivity (Wildman–Crippen MR) is 42.8 cm³/mol. The largest absolute Gasteiger partial charge is 0.367 e. The molecule has 5 heteroatoms. The number of hydrogen-bond acceptors (Lipinski definition) is 5. The van der Waals surface area contributed by atoms with Gasteiger partial charge >= 0.3 is 0 Å². The van der Waals surface area contributed by atoms with Gasteiger partial charge in [-0.05, 0) is 0 Å². The molecular weight excluding hydrogens is 146 g/mol. The summed E-state index contributed by atoms with van der Waals surface area (Å²) in [4.78, 5) is 1.81. The molecule has 11 heavy (non-hydrogen) atoms. The van der Waals surface area contributed by atoms with Crippen LogP contribution >= 0.6 is 0 Å². The van der Waals surface area contributed by atoms with E-state index in [1.165, 1.54) is 0 Å². The van der Waals surface area contributed by atoms with Crippen molar-refractivity contribution in [1.29, 1.82) is 0 Å². The molecule has 0 saturated carbocycles. The summed E-state index contributed by atoms with van der Waals surface area (Å²) in [6, 6.07) is 0. The van der Waals surface area contributed by atoms with Gasteiger partial charge in [-0.15, -0.1) is 0 Å². The molecule has 0 saturated heterocycles. The van der Waals surface area contributed by atoms with Crippen LogP contribution < -0.4 is 11.5 Å². The highest BCUT2D eigenvalue weighted by Crippen LogP contribution is 1.87. The molecule has 0 aliphatic heterocycles. The summed E-state index contributed by atoms with van der Waals surface area (Å²) in [6.45, 7) is 2.53. The van der Waals surface area contributed by atoms with Gasteiger partial charge in [0.15, 0.2) is 6.29 Å². The van der Waals surface area contributed by atoms with Crippen LogP contribution in [-0.2, 0) is 0 Å². The lowest BCUT2D eigenvalue weighted by Gasteiger charge is -2.21. The van der Waals surface area contributed by atoms with E-state index < -0.39 is 6.29 Å². The Labute approximate surface area is 66.6 Å². The Balaban J connectivity index is 3.50. The van der Waals surface area contributed by atoms with E-state index in [0.29, 0.717) is 26.2 Å². The van der Waals surface area contributed by atoms with Gasteiger partial charge in [-0.2, -0.15) is 0 Å². The smallest absolute Gasteiger partial charge is 0.164 e. The first-order valence-corrected chi connectivity index (χ1v) is 3.69. The van der Waals surface area contributed by atoms with E-state index >= 15 is 0 Å². The van der Waals surface area contributed by atoms with E-state index in [0.717, 1.165) is 0 Å². The summed E-state index contributed by atoms with van der Waals surface area (Å²) in [6.07, 6.45) is -1.30. The Bertz CT molecular complexity index is 83.9. The molecule has 0 atom stereocenters. The van der Waals surface area contributed by atoms with E-state index in [2.05, 4.69) is 0 Å². The maximum Gasteiger partial charge on any atom is 0.164 e. The third kappa shape index (κ3) is 6.21. The molecule has 0 aromatic rings. The lowest BCUT2D eigenvalue weighted by molar-refractivity contribution is -0.0602. The maximum atomic E-state index is 8.61. The zero-order valence-corrected chi connectivity index (χ0v) is 6.61. The first-order valence-electron chi connectivity index (χ1n) is 3.69. The second kappa shape index (κ2) is 6.51. The molecule has 6 N–H and O–H groups in total. The lowest BCUT2D eigenvalue weighted by Crippen LogP contribution is -2.39. The molecule has 68 valence electrons. The molecule has 0 radical (unpaired) electrons. The van der Waals surface area contributed by atoms with Gasteiger partial charge in [0, 0.05) is 32.7 Å². The van der Waals surface area contributed by atoms with Gasteiger partial charge in [0.1, 0.15) is 0 Å². The van der Waals surface area contributed by atoms with Crippen molar-refractivity contribution in [2.75, 3.05) is 32.7 Å². The van der Waals surface area contributed by atoms with Gasteiger partial charge in [-0.1, -0.05) is 0 Å². The third-order valence-corrected chi connectivity index (χ3v) is 1.31. The fourth-order valence-corrected chi connectivity index (χ4v) is 0.890. The highest BCUT2D eigenvalue weighted by atomic mass is 16.5. The fourth-order valence-electron chi connectivity index (χ4n) is 0.890. The highest BCUT2D eigenvalue weighted by molar-refractivity contribution is 4.59. The van der Waals surface area contributed by atoms with Crippen molar-refractivity contribution in [3.05, 3.63) is 0 Å². The summed E-state index contributed by atoms with van der Waals surface area (Å²) in [5, 5.41) is 17.2. The molecule has 5 nitrogen and oxygen atoms in total. The SMILES string of the molecule is NCCN(CCN)CC(O)O. The standard InChI is InChI=1S/C6H17N3O2/c7-1-3-9(4-2-8)5-6(10)11/h6,10-11H,1-5,7-8H2. The van der Waals surface area contributed by atoms with Gasteiger partial charge in [0.25, 0.3) is 0 Å². The molecular formula is C6H17N3O2. The maximum absolute atomic E-state index is 8.61. The Morgan fingerprint density at radius 1 is 1.09 bits per heavy atom. The van der Waals surface area contributed by atoms with Gasteiger partial charge in [0.05, 0.1) is 0 Å². The molecule has 0 aliphatic rings. The van der Waals surface area contributed by atoms with Gasteiger partial charge in [0.2, 0.25) is 0 Å². The molecule has 0 aliphatic carbocycles. The van der Waals surface area contributed by atoms with Crippen LogP contribution in [0, 0.1) is 0 Å². The molecule has 0 amide bonds. The minimum atomic E-state index is -1.30. The van der Waals surface area contributed by atoms with Crippen LogP contribution in [0.15, 0.2) is 0 Å². The minimum Gasteiger partial charge on any atom is -0.367 e. The van der Waals surface area contributed by atoms with Crippen LogP contribution in [0.5, 0.6) is 0 Å². The van der Waals surface area contributed by atoms with Crippen molar-refractivity contribution in [2.24, 2.45) is 11.5 Å². The summed E-state index contributed by atoms with van der Waals surface area (Å²) in [5.41, 5.74) is 10.6. The number of rotatable bonds is 6. The molecule has 0 unspecified atom stereocenters. The third-order valence-electron chi connectivity index (χ3n) is 1.31. The number of hydrogen-bond donors (Lipinski definition) is 4. The van der Waals surface area contributed by atoms with Crippen LogP contribution in [0.25, 0.3) is 0 Å². The van der Waals surface area contributed by atoms with Crippen molar-refractivity contribution in [1.82, 2.24) is 4.90 Å². The predicted octanol–water partition coefficient (Wildman–Crippen LogP) is -2.48. The lowest BCUT2D eigenvalue weighted by atomic mass is 10.4. The topological polar surface area (TPSA) is 95.7 Å². The Morgan fingerprint density at radius 3 is 1.82 bits per heavy atom. The summed E-state index contributed by atoms with van der Waals surface area (Å²) in [7, 11) is 0. The first-order chi connectivity index (χ1) is 5.20. The highest BCUT2D eigenvalue weighted by Gasteiger charge is 2.06. The van der Waals surface area contributed by atoms with Crippen LogP contribution in [0.3, 0.4) is 0 Å². The van der Waals surface area contributed by atoms with Crippen LogP contribution in [0.4, 0.5) is 0 Å². The minimum absolute atomic E-state index is 0.217. The number of nitrogens with zero attached hydrogens (tertiary/aromatic N) is 1. The molecule has 0 heterocycles. The second-order valence-corrected chi connectivity index (χ2v) is 2.36. The van der Waals surface area contributed by atoms with Crippen molar-refractivity contribution in [2.45, 2.75) is 6.29 Å². The van der Waals surface area contributed by atoms with Crippen LogP contribution in [0.2, 0.25) is 0 Å². The van der Waals surface area contributed by atoms with Gasteiger partial charge in [-0.25, -0.2) is 0 Å². The molecule has 0 fully saturated rings. The number of nitrogens with two attached hydrogens (primary N) is 2. The van der Waals surface area contributed by atoms with Crippen molar-refractivity contribution >= 4 is 0 Å². The van der Waals surface area contributed by atoms with E-state index in [1.54, 1.807) is 0 Å². The molecule has 0 rings (SSSR count). The van der Waals surface area contributed by atoms with Crippen molar-refractivity contribution < 1.29 is 10.2 Å². The zero-order valence-electron chi connectivity index (χ0n) is 6.61. The quantitative estimate of drug-likeness (QED) is 0.325. The Hall–Kier alpha value is -0.200. The average molecular weight is 163 g/mol. The number of aliphatic hydroxyl groups excluding tert-OH is 1. The first kappa shape index (κ1) is 10.8. The normalized spacial score (nSPS) is 11.5. The summed E-state index contributed by atoms with van der Waals surface area (Å²) >= 11 is 0. The fraction of sp³-hybridized carbons (Fsp3) is 1.00. The van der Waals surface area contributed by atoms with E-state index in [-0.39, 0.29) is 6.54 Å². The number of aliphatic hydroxyl groups is 2. The monoisotopic (exact) mass is 163 g/mol. The molecule has 0 aromatic heterocycles. The molecule has 0 spiro atoms. The molecule has 0 bridgehead atoms. The zero-order chi connectivity index (χ0) is 8.69. The average Bonchev–Trinajstić information content (AvgIpc) is 1.87.